The smallest absolute Gasteiger partial charge is 0.393 e. The molecule has 39 heavy (non-hydrogen) atoms. The van der Waals surface area contributed by atoms with Gasteiger partial charge in [0.1, 0.15) is 0 Å². The Balaban J connectivity index is 4.63. The molecule has 0 spiro atoms. The van der Waals surface area contributed by atoms with Gasteiger partial charge in [0.2, 0.25) is 5.91 Å². The van der Waals surface area contributed by atoms with Gasteiger partial charge in [0.15, 0.2) is 0 Å². The van der Waals surface area contributed by atoms with Crippen molar-refractivity contribution in [1.29, 1.82) is 0 Å². The number of amides is 1. The molecular weight excluding hydrogens is 519 g/mol. The number of nitrogens with one attached hydrogen (secondary N) is 1. The van der Waals surface area contributed by atoms with Gasteiger partial charge in [-0.2, -0.15) is 0 Å². The number of allylic oxidation sites excluding steroid dienone is 1. The number of aliphatic hydroxyl groups excluding tert-OH is 2. The van der Waals surface area contributed by atoms with Gasteiger partial charge in [-0.1, -0.05) is 116 Å². The molecule has 0 bridgehead atoms. The molecule has 4 atom stereocenters. The van der Waals surface area contributed by atoms with Gasteiger partial charge in [0.05, 0.1) is 37.9 Å². The van der Waals surface area contributed by atoms with Gasteiger partial charge in [-0.3, -0.25) is 13.8 Å². The fourth-order valence-electron chi connectivity index (χ4n) is 4.29. The van der Waals surface area contributed by atoms with E-state index in [1.54, 1.807) is 6.08 Å². The minimum atomic E-state index is -4.37. The molecule has 0 radical (unpaired) electrons. The summed E-state index contributed by atoms with van der Waals surface area (Å²) in [6.07, 6.45) is 20.3. The lowest BCUT2D eigenvalue weighted by molar-refractivity contribution is -0.124. The van der Waals surface area contributed by atoms with Crippen LogP contribution in [0.2, 0.25) is 0 Å². The van der Waals surface area contributed by atoms with E-state index in [2.05, 4.69) is 19.2 Å². The quantitative estimate of drug-likeness (QED) is 0.0437. The highest BCUT2D eigenvalue weighted by Crippen LogP contribution is 2.43. The topological polar surface area (TPSA) is 151 Å². The van der Waals surface area contributed by atoms with Gasteiger partial charge in [0.25, 0.3) is 0 Å². The van der Waals surface area contributed by atoms with Crippen molar-refractivity contribution in [1.82, 2.24) is 5.32 Å². The first-order valence-corrected chi connectivity index (χ1v) is 16.9. The average molecular weight is 579 g/mol. The van der Waals surface area contributed by atoms with E-state index in [9.17, 15) is 24.5 Å². The summed E-state index contributed by atoms with van der Waals surface area (Å²) in [4.78, 5) is 22.4. The SMILES string of the molecule is CCCCCCCCCC/C=C/C(O)C(COP(=O)(O)OCCN)NC(=O)CC(O)CCCCCCCCC. The average Bonchev–Trinajstić information content (AvgIpc) is 2.90. The molecule has 0 aliphatic rings. The van der Waals surface area contributed by atoms with Gasteiger partial charge >= 0.3 is 7.82 Å². The summed E-state index contributed by atoms with van der Waals surface area (Å²) >= 11 is 0. The molecule has 10 heteroatoms. The molecule has 232 valence electrons. The number of phosphoric acid groups is 1. The van der Waals surface area contributed by atoms with E-state index >= 15 is 0 Å². The number of aliphatic hydroxyl groups is 2. The van der Waals surface area contributed by atoms with E-state index < -0.39 is 38.6 Å². The van der Waals surface area contributed by atoms with Crippen LogP contribution in [0, 0.1) is 0 Å². The number of hydrogen-bond acceptors (Lipinski definition) is 7. The van der Waals surface area contributed by atoms with Crippen LogP contribution in [0.5, 0.6) is 0 Å². The number of rotatable bonds is 28. The number of hydrogen-bond donors (Lipinski definition) is 5. The Kier molecular flexibility index (Phi) is 25.6. The maximum absolute atomic E-state index is 12.6. The normalized spacial score (nSPS) is 15.7. The van der Waals surface area contributed by atoms with Gasteiger partial charge in [-0.25, -0.2) is 4.57 Å². The van der Waals surface area contributed by atoms with E-state index in [1.165, 1.54) is 64.2 Å². The van der Waals surface area contributed by atoms with Crippen LogP contribution < -0.4 is 11.1 Å². The molecule has 0 fully saturated rings. The first-order valence-electron chi connectivity index (χ1n) is 15.4. The monoisotopic (exact) mass is 578 g/mol. The minimum absolute atomic E-state index is 0.0504. The summed E-state index contributed by atoms with van der Waals surface area (Å²) in [5.41, 5.74) is 5.31. The van der Waals surface area contributed by atoms with Crippen molar-refractivity contribution in [2.45, 2.75) is 148 Å². The second kappa shape index (κ2) is 26.1. The van der Waals surface area contributed by atoms with E-state index in [4.69, 9.17) is 14.8 Å². The zero-order chi connectivity index (χ0) is 29.2. The Bertz CT molecular complexity index is 651. The first kappa shape index (κ1) is 38.2. The fraction of sp³-hybridized carbons (Fsp3) is 0.897. The molecule has 0 aromatic rings. The number of carbonyl (C=O) groups is 1. The van der Waals surface area contributed by atoms with Crippen LogP contribution in [0.15, 0.2) is 12.2 Å². The number of carbonyl (C=O) groups excluding carboxylic acids is 1. The Morgan fingerprint density at radius 1 is 0.872 bits per heavy atom. The molecule has 0 heterocycles. The molecule has 0 aromatic carbocycles. The molecule has 0 saturated heterocycles. The van der Waals surface area contributed by atoms with Crippen molar-refractivity contribution in [3.05, 3.63) is 12.2 Å². The highest BCUT2D eigenvalue weighted by atomic mass is 31.2. The van der Waals surface area contributed by atoms with Crippen molar-refractivity contribution < 1.29 is 33.5 Å². The highest BCUT2D eigenvalue weighted by molar-refractivity contribution is 7.47. The molecule has 4 unspecified atom stereocenters. The van der Waals surface area contributed by atoms with Gasteiger partial charge in [0, 0.05) is 6.54 Å². The Hall–Kier alpha value is -0.800. The largest absolute Gasteiger partial charge is 0.472 e. The van der Waals surface area contributed by atoms with Gasteiger partial charge in [-0.05, 0) is 19.3 Å². The predicted molar refractivity (Wildman–Crippen MR) is 158 cm³/mol. The van der Waals surface area contributed by atoms with Crippen LogP contribution in [-0.2, 0) is 18.4 Å². The molecule has 0 aliphatic heterocycles. The fourth-order valence-corrected chi connectivity index (χ4v) is 5.05. The Labute approximate surface area is 237 Å². The summed E-state index contributed by atoms with van der Waals surface area (Å²) in [5, 5.41) is 23.6. The van der Waals surface area contributed by atoms with Crippen LogP contribution in [0.3, 0.4) is 0 Å². The van der Waals surface area contributed by atoms with Gasteiger partial charge < -0.3 is 26.2 Å². The summed E-state index contributed by atoms with van der Waals surface area (Å²) in [5.74, 6) is -0.454. The second-order valence-corrected chi connectivity index (χ2v) is 12.0. The third-order valence-corrected chi connectivity index (χ3v) is 7.65. The third kappa shape index (κ3) is 24.7. The van der Waals surface area contributed by atoms with E-state index in [0.717, 1.165) is 38.5 Å². The molecule has 6 N–H and O–H groups in total. The molecule has 9 nitrogen and oxygen atoms in total. The summed E-state index contributed by atoms with van der Waals surface area (Å²) < 4.78 is 21.8. The van der Waals surface area contributed by atoms with Crippen molar-refractivity contribution in [3.8, 4) is 0 Å². The van der Waals surface area contributed by atoms with Crippen LogP contribution in [0.25, 0.3) is 0 Å². The lowest BCUT2D eigenvalue weighted by Gasteiger charge is -2.24. The van der Waals surface area contributed by atoms with E-state index in [-0.39, 0.29) is 19.6 Å². The summed E-state index contributed by atoms with van der Waals surface area (Å²) in [6, 6.07) is -0.972. The van der Waals surface area contributed by atoms with Gasteiger partial charge in [-0.15, -0.1) is 0 Å². The second-order valence-electron chi connectivity index (χ2n) is 10.5. The number of unbranched alkanes of at least 4 members (excludes halogenated alkanes) is 14. The molecule has 0 aliphatic carbocycles. The number of phosphoric ester groups is 1. The lowest BCUT2D eigenvalue weighted by Crippen LogP contribution is -2.46. The Morgan fingerprint density at radius 3 is 1.97 bits per heavy atom. The highest BCUT2D eigenvalue weighted by Gasteiger charge is 2.27. The lowest BCUT2D eigenvalue weighted by atomic mass is 10.0. The molecule has 0 rings (SSSR count). The third-order valence-electron chi connectivity index (χ3n) is 6.67. The predicted octanol–water partition coefficient (Wildman–Crippen LogP) is 5.90. The zero-order valence-corrected chi connectivity index (χ0v) is 25.6. The maximum atomic E-state index is 12.6. The van der Waals surface area contributed by atoms with E-state index in [0.29, 0.717) is 6.42 Å². The molecule has 0 saturated carbocycles. The standard InChI is InChI=1S/C29H59N2O7P/c1-3-5-7-9-11-12-13-15-17-19-21-28(33)27(25-38-39(35,36)37-23-22-30)31-29(34)24-26(32)20-18-16-14-10-8-6-4-2/h19,21,26-28,32-33H,3-18,20,22-25,30H2,1-2H3,(H,31,34)(H,35,36)/b21-19+. The minimum Gasteiger partial charge on any atom is -0.393 e. The van der Waals surface area contributed by atoms with Crippen LogP contribution in [0.1, 0.15) is 129 Å². The molecule has 0 aromatic heterocycles. The van der Waals surface area contributed by atoms with Crippen LogP contribution >= 0.6 is 7.82 Å². The Morgan fingerprint density at radius 2 is 1.41 bits per heavy atom. The van der Waals surface area contributed by atoms with Crippen molar-refractivity contribution >= 4 is 13.7 Å². The molecule has 1 amide bonds. The van der Waals surface area contributed by atoms with Crippen LogP contribution in [-0.4, -0.2) is 59.0 Å². The zero-order valence-electron chi connectivity index (χ0n) is 24.7. The number of nitrogens with two attached hydrogens (primary N) is 1. The van der Waals surface area contributed by atoms with Crippen molar-refractivity contribution in [2.75, 3.05) is 19.8 Å². The van der Waals surface area contributed by atoms with Crippen LogP contribution in [0.4, 0.5) is 0 Å². The first-order chi connectivity index (χ1) is 18.8. The maximum Gasteiger partial charge on any atom is 0.472 e. The van der Waals surface area contributed by atoms with Crippen molar-refractivity contribution in [2.24, 2.45) is 5.73 Å². The summed E-state index contributed by atoms with van der Waals surface area (Å²) in [6.45, 7) is 3.86. The molecular formula is C29H59N2O7P. The van der Waals surface area contributed by atoms with Crippen molar-refractivity contribution in [3.63, 3.8) is 0 Å². The van der Waals surface area contributed by atoms with E-state index in [1.807, 2.05) is 6.08 Å². The summed E-state index contributed by atoms with van der Waals surface area (Å²) in [7, 11) is -4.37.